The average molecular weight is 261 g/mol. The zero-order chi connectivity index (χ0) is 13.2. The number of carbonyl (C=O) groups excluding carboxylic acids is 1. The van der Waals surface area contributed by atoms with Crippen LogP contribution in [-0.4, -0.2) is 31.2 Å². The Kier molecular flexibility index (Phi) is 3.27. The second-order valence-electron chi connectivity index (χ2n) is 3.63. The lowest BCUT2D eigenvalue weighted by atomic mass is 10.2. The van der Waals surface area contributed by atoms with Crippen molar-refractivity contribution in [2.45, 2.75) is 12.1 Å². The molecule has 0 radical (unpaired) electrons. The van der Waals surface area contributed by atoms with Crippen molar-refractivity contribution in [1.82, 2.24) is 5.32 Å². The van der Waals surface area contributed by atoms with Gasteiger partial charge < -0.3 is 9.47 Å². The SMILES string of the molecule is O=C(NC1(C(F)(F)F)OCCO1)c1ccccc1. The number of amides is 1. The molecule has 1 aliphatic heterocycles. The van der Waals surface area contributed by atoms with Gasteiger partial charge in [0, 0.05) is 5.56 Å². The van der Waals surface area contributed by atoms with Crippen LogP contribution in [0.15, 0.2) is 30.3 Å². The standard InChI is InChI=1S/C11H10F3NO3/c12-10(13,14)11(17-6-7-18-11)15-9(16)8-4-2-1-3-5-8/h1-5H,6-7H2,(H,15,16). The molecule has 18 heavy (non-hydrogen) atoms. The molecule has 4 nitrogen and oxygen atoms in total. The van der Waals surface area contributed by atoms with Gasteiger partial charge >= 0.3 is 12.1 Å². The predicted octanol–water partition coefficient (Wildman–Crippen LogP) is 1.68. The molecule has 1 heterocycles. The van der Waals surface area contributed by atoms with Crippen molar-refractivity contribution in [2.24, 2.45) is 0 Å². The Labute approximate surface area is 101 Å². The van der Waals surface area contributed by atoms with Crippen LogP contribution in [0.2, 0.25) is 0 Å². The van der Waals surface area contributed by atoms with Gasteiger partial charge in [-0.25, -0.2) is 0 Å². The fraction of sp³-hybridized carbons (Fsp3) is 0.364. The average Bonchev–Trinajstić information content (AvgIpc) is 2.79. The summed E-state index contributed by atoms with van der Waals surface area (Å²) < 4.78 is 47.5. The van der Waals surface area contributed by atoms with Gasteiger partial charge in [-0.2, -0.15) is 13.2 Å². The van der Waals surface area contributed by atoms with Crippen LogP contribution in [0.25, 0.3) is 0 Å². The summed E-state index contributed by atoms with van der Waals surface area (Å²) >= 11 is 0. The summed E-state index contributed by atoms with van der Waals surface area (Å²) in [4.78, 5) is 11.7. The van der Waals surface area contributed by atoms with Gasteiger partial charge in [0.1, 0.15) is 0 Å². The molecule has 0 spiro atoms. The Hall–Kier alpha value is -1.60. The van der Waals surface area contributed by atoms with Crippen molar-refractivity contribution in [3.63, 3.8) is 0 Å². The third-order valence-corrected chi connectivity index (χ3v) is 2.38. The number of halogens is 3. The maximum atomic E-state index is 12.8. The third kappa shape index (κ3) is 2.32. The number of carbonyl (C=O) groups is 1. The Bertz CT molecular complexity index is 427. The Balaban J connectivity index is 2.18. The van der Waals surface area contributed by atoms with Crippen LogP contribution < -0.4 is 5.32 Å². The van der Waals surface area contributed by atoms with Crippen molar-refractivity contribution in [2.75, 3.05) is 13.2 Å². The van der Waals surface area contributed by atoms with E-state index in [2.05, 4.69) is 9.47 Å². The molecular formula is C11H10F3NO3. The molecule has 1 aromatic carbocycles. The van der Waals surface area contributed by atoms with E-state index in [0.717, 1.165) is 0 Å². The minimum atomic E-state index is -4.84. The van der Waals surface area contributed by atoms with E-state index in [0.29, 0.717) is 0 Å². The zero-order valence-corrected chi connectivity index (χ0v) is 9.16. The van der Waals surface area contributed by atoms with Crippen LogP contribution in [0.3, 0.4) is 0 Å². The van der Waals surface area contributed by atoms with E-state index in [9.17, 15) is 18.0 Å². The maximum Gasteiger partial charge on any atom is 0.465 e. The fourth-order valence-corrected chi connectivity index (χ4v) is 1.53. The summed E-state index contributed by atoms with van der Waals surface area (Å²) in [6, 6.07) is 7.54. The van der Waals surface area contributed by atoms with Gasteiger partial charge in [-0.05, 0) is 12.1 Å². The van der Waals surface area contributed by atoms with Gasteiger partial charge in [0.2, 0.25) is 0 Å². The highest BCUT2D eigenvalue weighted by atomic mass is 19.4. The van der Waals surface area contributed by atoms with Gasteiger partial charge in [-0.3, -0.25) is 10.1 Å². The summed E-state index contributed by atoms with van der Waals surface area (Å²) in [5, 5.41) is 1.74. The molecule has 0 bridgehead atoms. The number of rotatable bonds is 2. The minimum absolute atomic E-state index is 0.0974. The number of benzene rings is 1. The van der Waals surface area contributed by atoms with Crippen LogP contribution in [0.4, 0.5) is 13.2 Å². The first-order valence-corrected chi connectivity index (χ1v) is 5.17. The highest BCUT2D eigenvalue weighted by Crippen LogP contribution is 2.35. The van der Waals surface area contributed by atoms with Crippen molar-refractivity contribution in [1.29, 1.82) is 0 Å². The summed E-state index contributed by atoms with van der Waals surface area (Å²) in [5.74, 6) is -3.95. The number of hydrogen-bond donors (Lipinski definition) is 1. The molecule has 1 aliphatic rings. The molecule has 0 atom stereocenters. The van der Waals surface area contributed by atoms with E-state index in [1.807, 2.05) is 0 Å². The molecule has 0 saturated carbocycles. The van der Waals surface area contributed by atoms with Gasteiger partial charge in [-0.15, -0.1) is 0 Å². The van der Waals surface area contributed by atoms with Crippen LogP contribution >= 0.6 is 0 Å². The Morgan fingerprint density at radius 2 is 1.72 bits per heavy atom. The lowest BCUT2D eigenvalue weighted by Gasteiger charge is -2.29. The normalized spacial score (nSPS) is 18.6. The maximum absolute atomic E-state index is 12.8. The molecule has 0 aliphatic carbocycles. The van der Waals surface area contributed by atoms with E-state index in [4.69, 9.17) is 0 Å². The van der Waals surface area contributed by atoms with Crippen molar-refractivity contribution < 1.29 is 27.4 Å². The largest absolute Gasteiger partial charge is 0.465 e. The van der Waals surface area contributed by atoms with Gasteiger partial charge in [0.15, 0.2) is 0 Å². The smallest absolute Gasteiger partial charge is 0.323 e. The Morgan fingerprint density at radius 1 is 1.17 bits per heavy atom. The summed E-state index contributed by atoms with van der Waals surface area (Å²) in [6.07, 6.45) is -4.84. The molecule has 0 aromatic heterocycles. The molecule has 1 amide bonds. The topological polar surface area (TPSA) is 47.6 Å². The molecule has 0 unspecified atom stereocenters. The first kappa shape index (κ1) is 12.8. The van der Waals surface area contributed by atoms with Crippen molar-refractivity contribution in [3.05, 3.63) is 35.9 Å². The van der Waals surface area contributed by atoms with Crippen LogP contribution in [-0.2, 0) is 9.47 Å². The van der Waals surface area contributed by atoms with E-state index in [-0.39, 0.29) is 18.8 Å². The second-order valence-corrected chi connectivity index (χ2v) is 3.63. The molecule has 1 aromatic rings. The van der Waals surface area contributed by atoms with Gasteiger partial charge in [-0.1, -0.05) is 18.2 Å². The second kappa shape index (κ2) is 4.58. The molecule has 1 saturated heterocycles. The van der Waals surface area contributed by atoms with Crippen LogP contribution in [0.1, 0.15) is 10.4 Å². The van der Waals surface area contributed by atoms with E-state index < -0.39 is 18.0 Å². The summed E-state index contributed by atoms with van der Waals surface area (Å²) in [7, 11) is 0. The fourth-order valence-electron chi connectivity index (χ4n) is 1.53. The number of hydrogen-bond acceptors (Lipinski definition) is 3. The van der Waals surface area contributed by atoms with E-state index in [1.165, 1.54) is 12.1 Å². The number of alkyl halides is 3. The molecule has 98 valence electrons. The highest BCUT2D eigenvalue weighted by molar-refractivity contribution is 5.94. The van der Waals surface area contributed by atoms with Gasteiger partial charge in [0.25, 0.3) is 5.91 Å². The van der Waals surface area contributed by atoms with Crippen molar-refractivity contribution in [3.8, 4) is 0 Å². The van der Waals surface area contributed by atoms with Crippen LogP contribution in [0.5, 0.6) is 0 Å². The first-order chi connectivity index (χ1) is 8.45. The highest BCUT2D eigenvalue weighted by Gasteiger charge is 2.61. The zero-order valence-electron chi connectivity index (χ0n) is 9.16. The number of nitrogens with one attached hydrogen (secondary N) is 1. The summed E-state index contributed by atoms with van der Waals surface area (Å²) in [5.41, 5.74) is 0.0974. The molecule has 1 fully saturated rings. The van der Waals surface area contributed by atoms with Crippen molar-refractivity contribution >= 4 is 5.91 Å². The predicted molar refractivity (Wildman–Crippen MR) is 54.6 cm³/mol. The lowest BCUT2D eigenvalue weighted by Crippen LogP contribution is -2.59. The van der Waals surface area contributed by atoms with Crippen LogP contribution in [0, 0.1) is 0 Å². The lowest BCUT2D eigenvalue weighted by molar-refractivity contribution is -0.351. The monoisotopic (exact) mass is 261 g/mol. The van der Waals surface area contributed by atoms with E-state index in [1.54, 1.807) is 23.5 Å². The Morgan fingerprint density at radius 3 is 2.22 bits per heavy atom. The van der Waals surface area contributed by atoms with Gasteiger partial charge in [0.05, 0.1) is 13.2 Å². The number of ether oxygens (including phenoxy) is 2. The molecule has 1 N–H and O–H groups in total. The summed E-state index contributed by atoms with van der Waals surface area (Å²) in [6.45, 7) is -0.455. The molecule has 7 heteroatoms. The molecule has 2 rings (SSSR count). The quantitative estimate of drug-likeness (QED) is 0.881. The minimum Gasteiger partial charge on any atom is -0.323 e. The third-order valence-electron chi connectivity index (χ3n) is 2.38. The molecular weight excluding hydrogens is 251 g/mol. The first-order valence-electron chi connectivity index (χ1n) is 5.17. The van der Waals surface area contributed by atoms with E-state index >= 15 is 0 Å².